The molecule has 202 valence electrons. The lowest BCUT2D eigenvalue weighted by atomic mass is 10.1. The third-order valence-electron chi connectivity index (χ3n) is 4.75. The molecule has 17 nitrogen and oxygen atoms in total. The third-order valence-corrected chi connectivity index (χ3v) is 4.75. The second-order valence-electron chi connectivity index (χ2n) is 7.60. The fraction of sp³-hybridized carbons (Fsp3) is 0.316. The van der Waals surface area contributed by atoms with Gasteiger partial charge < -0.3 is 37.2 Å². The van der Waals surface area contributed by atoms with Crippen molar-refractivity contribution >= 4 is 51.4 Å². The van der Waals surface area contributed by atoms with Gasteiger partial charge in [-0.3, -0.25) is 28.5 Å². The van der Waals surface area contributed by atoms with E-state index >= 15 is 0 Å². The Morgan fingerprint density at radius 3 is 2.35 bits per heavy atom. The van der Waals surface area contributed by atoms with E-state index in [1.165, 1.54) is 12.1 Å². The molecule has 1 aliphatic rings. The molecule has 2 heterocycles. The zero-order valence-electron chi connectivity index (χ0n) is 19.0. The van der Waals surface area contributed by atoms with Crippen LogP contribution in [0.2, 0.25) is 0 Å². The van der Waals surface area contributed by atoms with Crippen LogP contribution in [0.4, 0.5) is 23.1 Å². The number of rotatable bonds is 9. The molecule has 18 heteroatoms. The van der Waals surface area contributed by atoms with Gasteiger partial charge in [-0.05, 0) is 30.7 Å². The number of carboxylic acid groups (broad SMARTS) is 2. The summed E-state index contributed by atoms with van der Waals surface area (Å²) in [7, 11) is -4.67. The number of carbonyl (C=O) groups excluding carboxylic acids is 1. The molecule has 2 aromatic rings. The quantitative estimate of drug-likeness (QED) is 0.171. The van der Waals surface area contributed by atoms with Gasteiger partial charge in [0.15, 0.2) is 5.82 Å². The summed E-state index contributed by atoms with van der Waals surface area (Å²) in [6, 6.07) is 4.93. The van der Waals surface area contributed by atoms with Gasteiger partial charge in [-0.25, -0.2) is 4.79 Å². The zero-order valence-corrected chi connectivity index (χ0v) is 19.8. The van der Waals surface area contributed by atoms with Crippen molar-refractivity contribution in [3.05, 3.63) is 40.2 Å². The first-order valence-electron chi connectivity index (χ1n) is 10.4. The Morgan fingerprint density at radius 1 is 1.16 bits per heavy atom. The van der Waals surface area contributed by atoms with E-state index in [1.807, 2.05) is 0 Å². The maximum Gasteiger partial charge on any atom is 0.394 e. The number of nitrogens with zero attached hydrogens (tertiary/aromatic N) is 1. The molecule has 0 radical (unpaired) electrons. The van der Waals surface area contributed by atoms with Crippen LogP contribution in [0.1, 0.15) is 23.2 Å². The second kappa shape index (κ2) is 12.5. The van der Waals surface area contributed by atoms with Gasteiger partial charge in [0.05, 0.1) is 6.04 Å². The molecule has 37 heavy (non-hydrogen) atoms. The highest BCUT2D eigenvalue weighted by Gasteiger charge is 2.23. The molecule has 11 N–H and O–H groups in total. The lowest BCUT2D eigenvalue weighted by molar-refractivity contribution is -0.140. The lowest BCUT2D eigenvalue weighted by Gasteiger charge is -2.27. The lowest BCUT2D eigenvalue weighted by Crippen LogP contribution is -2.41. The normalized spacial score (nSPS) is 14.9. The fourth-order valence-electron chi connectivity index (χ4n) is 3.10. The van der Waals surface area contributed by atoms with Crippen LogP contribution < -0.4 is 32.6 Å². The van der Waals surface area contributed by atoms with Crippen LogP contribution in [0, 0.1) is 0 Å². The first-order chi connectivity index (χ1) is 17.2. The van der Waals surface area contributed by atoms with Crippen LogP contribution in [0.15, 0.2) is 29.1 Å². The van der Waals surface area contributed by atoms with Crippen molar-refractivity contribution in [2.75, 3.05) is 34.8 Å². The highest BCUT2D eigenvalue weighted by molar-refractivity contribution is 7.79. The maximum absolute atomic E-state index is 12.3. The van der Waals surface area contributed by atoms with E-state index in [0.717, 1.165) is 0 Å². The predicted octanol–water partition coefficient (Wildman–Crippen LogP) is -0.935. The Bertz CT molecular complexity index is 1290. The van der Waals surface area contributed by atoms with Crippen molar-refractivity contribution in [3.8, 4) is 0 Å². The maximum atomic E-state index is 12.3. The van der Waals surface area contributed by atoms with Crippen LogP contribution in [0.5, 0.6) is 0 Å². The molecule has 0 fully saturated rings. The Labute approximate surface area is 209 Å². The number of carbonyl (C=O) groups is 3. The van der Waals surface area contributed by atoms with Crippen molar-refractivity contribution in [2.45, 2.75) is 24.9 Å². The molecule has 1 aliphatic heterocycles. The second-order valence-corrected chi connectivity index (χ2v) is 8.50. The van der Waals surface area contributed by atoms with Gasteiger partial charge in [0, 0.05) is 30.8 Å². The van der Waals surface area contributed by atoms with Crippen molar-refractivity contribution in [3.63, 3.8) is 0 Å². The molecule has 2 atom stereocenters. The molecule has 0 spiro atoms. The van der Waals surface area contributed by atoms with Crippen LogP contribution in [-0.2, 0) is 20.0 Å². The molecule has 0 saturated carbocycles. The van der Waals surface area contributed by atoms with Gasteiger partial charge in [-0.15, -0.1) is 0 Å². The van der Waals surface area contributed by atoms with Gasteiger partial charge in [-0.1, -0.05) is 0 Å². The van der Waals surface area contributed by atoms with Gasteiger partial charge in [-0.2, -0.15) is 13.4 Å². The highest BCUT2D eigenvalue weighted by atomic mass is 32.3. The van der Waals surface area contributed by atoms with Gasteiger partial charge in [0.2, 0.25) is 5.95 Å². The highest BCUT2D eigenvalue weighted by Crippen LogP contribution is 2.20. The Balaban J connectivity index is 0.000000877. The van der Waals surface area contributed by atoms with Crippen molar-refractivity contribution in [1.29, 1.82) is 0 Å². The zero-order chi connectivity index (χ0) is 27.8. The van der Waals surface area contributed by atoms with E-state index in [4.69, 9.17) is 33.5 Å². The summed E-state index contributed by atoms with van der Waals surface area (Å²) in [6.07, 6.45) is -0.587. The minimum absolute atomic E-state index is 0.0281. The minimum Gasteiger partial charge on any atom is -0.481 e. The Hall–Kier alpha value is -4.42. The molecule has 1 aromatic carbocycles. The average Bonchev–Trinajstić information content (AvgIpc) is 2.79. The molecule has 1 aromatic heterocycles. The van der Waals surface area contributed by atoms with Crippen molar-refractivity contribution in [1.82, 2.24) is 15.3 Å². The van der Waals surface area contributed by atoms with Crippen LogP contribution in [0.3, 0.4) is 0 Å². The number of aliphatic carboxylic acids is 2. The van der Waals surface area contributed by atoms with E-state index in [1.54, 1.807) is 12.1 Å². The minimum atomic E-state index is -4.67. The number of amides is 1. The summed E-state index contributed by atoms with van der Waals surface area (Å²) >= 11 is 0. The van der Waals surface area contributed by atoms with Crippen molar-refractivity contribution < 1.29 is 42.1 Å². The third kappa shape index (κ3) is 9.99. The first kappa shape index (κ1) is 28.8. The molecule has 3 rings (SSSR count). The van der Waals surface area contributed by atoms with Crippen LogP contribution in [-0.4, -0.2) is 80.7 Å². The Morgan fingerprint density at radius 2 is 1.78 bits per heavy atom. The average molecular weight is 544 g/mol. The summed E-state index contributed by atoms with van der Waals surface area (Å²) in [5, 5.41) is 29.5. The SMILES string of the molecule is Nc1nc2c(c(=O)[nH]1)N[C@@H](CNc1ccc(C(=O)N[C@@H](CCC(=O)O)C(=O)O)cc1)CN2.O=S(=O)(O)O. The molecule has 0 unspecified atom stereocenters. The van der Waals surface area contributed by atoms with E-state index in [9.17, 15) is 19.2 Å². The smallest absolute Gasteiger partial charge is 0.394 e. The number of aromatic amines is 1. The topological polar surface area (TPSA) is 286 Å². The van der Waals surface area contributed by atoms with Crippen molar-refractivity contribution in [2.24, 2.45) is 0 Å². The first-order valence-corrected chi connectivity index (χ1v) is 11.8. The number of aromatic nitrogens is 2. The Kier molecular flexibility index (Phi) is 9.75. The number of carboxylic acids is 2. The number of nitrogens with two attached hydrogens (primary N) is 1. The number of benzene rings is 1. The summed E-state index contributed by atoms with van der Waals surface area (Å²) in [5.74, 6) is -2.64. The van der Waals surface area contributed by atoms with E-state index in [2.05, 4.69) is 31.2 Å². The van der Waals surface area contributed by atoms with E-state index in [-0.39, 0.29) is 36.0 Å². The van der Waals surface area contributed by atoms with Crippen LogP contribution >= 0.6 is 0 Å². The number of hydrogen-bond acceptors (Lipinski definition) is 11. The summed E-state index contributed by atoms with van der Waals surface area (Å²) in [5.41, 5.74) is 6.40. The molecular weight excluding hydrogens is 518 g/mol. The van der Waals surface area contributed by atoms with Gasteiger partial charge in [0.1, 0.15) is 11.7 Å². The molecule has 0 bridgehead atoms. The molecule has 0 aliphatic carbocycles. The molecular formula is C19H25N7O10S. The number of nitrogen functional groups attached to an aromatic ring is 1. The number of hydrogen-bond donors (Lipinski definition) is 10. The monoisotopic (exact) mass is 543 g/mol. The standard InChI is InChI=1S/C19H23N7O6.H2O4S/c20-19-25-15-14(17(30)26-19)23-11(8-22-15)7-21-10-3-1-9(2-4-10)16(29)24-12(18(31)32)5-6-13(27)28;1-5(2,3)4/h1-4,11-12,21,23H,5-8H2,(H,24,29)(H,27,28)(H,31,32)(H4,20,22,25,26,30);(H2,1,2,3,4)/t11-,12-;/m0./s1. The number of nitrogens with one attached hydrogen (secondary N) is 5. The van der Waals surface area contributed by atoms with Gasteiger partial charge in [0.25, 0.3) is 11.5 Å². The number of fused-ring (bicyclic) bond motifs is 1. The van der Waals surface area contributed by atoms with E-state index in [0.29, 0.717) is 30.3 Å². The summed E-state index contributed by atoms with van der Waals surface area (Å²) in [6.45, 7) is 0.960. The number of H-pyrrole nitrogens is 1. The molecule has 0 saturated heterocycles. The fourth-order valence-corrected chi connectivity index (χ4v) is 3.10. The van der Waals surface area contributed by atoms with Gasteiger partial charge >= 0.3 is 22.3 Å². The summed E-state index contributed by atoms with van der Waals surface area (Å²) < 4.78 is 31.6. The largest absolute Gasteiger partial charge is 0.481 e. The summed E-state index contributed by atoms with van der Waals surface area (Å²) in [4.78, 5) is 52.6. The van der Waals surface area contributed by atoms with E-state index < -0.39 is 34.3 Å². The van der Waals surface area contributed by atoms with Crippen LogP contribution in [0.25, 0.3) is 0 Å². The predicted molar refractivity (Wildman–Crippen MR) is 130 cm³/mol. The number of anilines is 4. The molecule has 1 amide bonds.